The molecule has 0 saturated carbocycles. The molecule has 1 aliphatic rings. The number of nitrogens with one attached hydrogen (secondary N) is 1. The van der Waals surface area contributed by atoms with Gasteiger partial charge in [0.1, 0.15) is 0 Å². The molecule has 2 rings (SSSR count). The summed E-state index contributed by atoms with van der Waals surface area (Å²) in [6.45, 7) is 4.79. The first-order valence-electron chi connectivity index (χ1n) is 6.72. The molecule has 5 nitrogen and oxygen atoms in total. The summed E-state index contributed by atoms with van der Waals surface area (Å²) in [4.78, 5) is 14.0. The lowest BCUT2D eigenvalue weighted by Gasteiger charge is -2.18. The van der Waals surface area contributed by atoms with Crippen molar-refractivity contribution < 1.29 is 0 Å². The molecule has 1 atom stereocenters. The van der Waals surface area contributed by atoms with Gasteiger partial charge in [0.25, 0.3) is 5.56 Å². The van der Waals surface area contributed by atoms with Crippen molar-refractivity contribution in [3.8, 4) is 0 Å². The predicted octanol–water partition coefficient (Wildman–Crippen LogP) is 0.841. The van der Waals surface area contributed by atoms with Crippen LogP contribution in [0.4, 0.5) is 5.69 Å². The number of aromatic nitrogens is 2. The molecule has 0 radical (unpaired) electrons. The molecule has 0 aliphatic carbocycles. The van der Waals surface area contributed by atoms with E-state index in [9.17, 15) is 4.79 Å². The Kier molecular flexibility index (Phi) is 4.36. The van der Waals surface area contributed by atoms with Crippen LogP contribution in [0.15, 0.2) is 17.1 Å². The van der Waals surface area contributed by atoms with Gasteiger partial charge in [-0.15, -0.1) is 0 Å². The molecule has 1 fully saturated rings. The molecule has 1 N–H and O–H groups in total. The third-order valence-electron chi connectivity index (χ3n) is 3.41. The molecule has 100 valence electrons. The van der Waals surface area contributed by atoms with Crippen molar-refractivity contribution in [1.82, 2.24) is 15.1 Å². The lowest BCUT2D eigenvalue weighted by Crippen LogP contribution is -2.34. The van der Waals surface area contributed by atoms with E-state index in [2.05, 4.69) is 22.2 Å². The summed E-state index contributed by atoms with van der Waals surface area (Å²) < 4.78 is 1.56. The first-order chi connectivity index (χ1) is 8.70. The van der Waals surface area contributed by atoms with E-state index in [1.165, 1.54) is 6.42 Å². The molecule has 0 bridgehead atoms. The SMILES string of the molecule is CCCN(C)c1cnn(CC2CCCN2)c(=O)c1. The minimum atomic E-state index is -0.0100. The van der Waals surface area contributed by atoms with Crippen LogP contribution in [0, 0.1) is 0 Å². The number of hydrogen-bond acceptors (Lipinski definition) is 4. The normalized spacial score (nSPS) is 19.1. The highest BCUT2D eigenvalue weighted by Gasteiger charge is 2.15. The second-order valence-corrected chi connectivity index (χ2v) is 4.95. The second kappa shape index (κ2) is 6.00. The van der Waals surface area contributed by atoms with Crippen molar-refractivity contribution in [2.24, 2.45) is 0 Å². The van der Waals surface area contributed by atoms with Crippen LogP contribution in [0.1, 0.15) is 26.2 Å². The summed E-state index contributed by atoms with van der Waals surface area (Å²) in [5, 5.41) is 7.65. The van der Waals surface area contributed by atoms with Gasteiger partial charge in [-0.05, 0) is 25.8 Å². The fraction of sp³-hybridized carbons (Fsp3) is 0.692. The van der Waals surface area contributed by atoms with Gasteiger partial charge in [-0.25, -0.2) is 4.68 Å². The molecule has 1 unspecified atom stereocenters. The van der Waals surface area contributed by atoms with Crippen molar-refractivity contribution in [3.05, 3.63) is 22.6 Å². The van der Waals surface area contributed by atoms with E-state index in [1.54, 1.807) is 16.9 Å². The van der Waals surface area contributed by atoms with Gasteiger partial charge in [0.2, 0.25) is 0 Å². The lowest BCUT2D eigenvalue weighted by molar-refractivity contribution is 0.459. The third-order valence-corrected chi connectivity index (χ3v) is 3.41. The van der Waals surface area contributed by atoms with Crippen LogP contribution < -0.4 is 15.8 Å². The first kappa shape index (κ1) is 13.1. The Morgan fingerprint density at radius 1 is 1.61 bits per heavy atom. The van der Waals surface area contributed by atoms with Crippen molar-refractivity contribution in [2.45, 2.75) is 38.8 Å². The number of rotatable bonds is 5. The number of hydrogen-bond donors (Lipinski definition) is 1. The molecule has 1 aliphatic heterocycles. The molecule has 1 aromatic rings. The van der Waals surface area contributed by atoms with Crippen LogP contribution in [0.5, 0.6) is 0 Å². The van der Waals surface area contributed by atoms with Gasteiger partial charge in [0.15, 0.2) is 0 Å². The monoisotopic (exact) mass is 250 g/mol. The Labute approximate surface area is 108 Å². The Hall–Kier alpha value is -1.36. The third kappa shape index (κ3) is 3.10. The van der Waals surface area contributed by atoms with E-state index in [4.69, 9.17) is 0 Å². The largest absolute Gasteiger partial charge is 0.373 e. The van der Waals surface area contributed by atoms with E-state index < -0.39 is 0 Å². The van der Waals surface area contributed by atoms with Gasteiger partial charge >= 0.3 is 0 Å². The Morgan fingerprint density at radius 3 is 3.06 bits per heavy atom. The van der Waals surface area contributed by atoms with E-state index in [-0.39, 0.29) is 5.56 Å². The van der Waals surface area contributed by atoms with Crippen molar-refractivity contribution >= 4 is 5.69 Å². The van der Waals surface area contributed by atoms with Crippen molar-refractivity contribution in [3.63, 3.8) is 0 Å². The summed E-state index contributed by atoms with van der Waals surface area (Å²) in [6, 6.07) is 2.08. The smallest absolute Gasteiger partial charge is 0.268 e. The second-order valence-electron chi connectivity index (χ2n) is 4.95. The maximum atomic E-state index is 12.0. The molecule has 0 amide bonds. The van der Waals surface area contributed by atoms with Gasteiger partial charge in [0.05, 0.1) is 18.4 Å². The molecule has 18 heavy (non-hydrogen) atoms. The molecule has 1 saturated heterocycles. The van der Waals surface area contributed by atoms with Crippen molar-refractivity contribution in [1.29, 1.82) is 0 Å². The van der Waals surface area contributed by atoms with Crippen LogP contribution >= 0.6 is 0 Å². The maximum Gasteiger partial charge on any atom is 0.268 e. The summed E-state index contributed by atoms with van der Waals surface area (Å²) in [5.41, 5.74) is 0.890. The predicted molar refractivity (Wildman–Crippen MR) is 73.1 cm³/mol. The molecular weight excluding hydrogens is 228 g/mol. The van der Waals surface area contributed by atoms with Crippen LogP contribution in [-0.2, 0) is 6.54 Å². The van der Waals surface area contributed by atoms with E-state index in [1.807, 2.05) is 7.05 Å². The van der Waals surface area contributed by atoms with Gasteiger partial charge in [-0.1, -0.05) is 6.92 Å². The Morgan fingerprint density at radius 2 is 2.44 bits per heavy atom. The van der Waals surface area contributed by atoms with Crippen LogP contribution in [0.2, 0.25) is 0 Å². The van der Waals surface area contributed by atoms with E-state index in [0.29, 0.717) is 12.6 Å². The van der Waals surface area contributed by atoms with E-state index in [0.717, 1.165) is 31.6 Å². The van der Waals surface area contributed by atoms with Crippen LogP contribution in [-0.4, -0.2) is 36.0 Å². The quantitative estimate of drug-likeness (QED) is 0.841. The molecular formula is C13H22N4O. The Balaban J connectivity index is 2.07. The fourth-order valence-electron chi connectivity index (χ4n) is 2.36. The van der Waals surface area contributed by atoms with Gasteiger partial charge in [-0.3, -0.25) is 4.79 Å². The summed E-state index contributed by atoms with van der Waals surface area (Å²) in [5.74, 6) is 0. The highest BCUT2D eigenvalue weighted by molar-refractivity contribution is 5.41. The zero-order valence-electron chi connectivity index (χ0n) is 11.2. The number of anilines is 1. The van der Waals surface area contributed by atoms with Crippen LogP contribution in [0.3, 0.4) is 0 Å². The molecule has 1 aromatic heterocycles. The van der Waals surface area contributed by atoms with Crippen LogP contribution in [0.25, 0.3) is 0 Å². The molecule has 5 heteroatoms. The molecule has 0 aromatic carbocycles. The summed E-state index contributed by atoms with van der Waals surface area (Å²) in [7, 11) is 1.99. The van der Waals surface area contributed by atoms with Gasteiger partial charge in [0, 0.05) is 25.7 Å². The van der Waals surface area contributed by atoms with Crippen molar-refractivity contribution in [2.75, 3.05) is 25.0 Å². The minimum absolute atomic E-state index is 0.0100. The summed E-state index contributed by atoms with van der Waals surface area (Å²) >= 11 is 0. The number of nitrogens with zero attached hydrogens (tertiary/aromatic N) is 3. The molecule has 0 spiro atoms. The maximum absolute atomic E-state index is 12.0. The zero-order chi connectivity index (χ0) is 13.0. The first-order valence-corrected chi connectivity index (χ1v) is 6.72. The molecule has 2 heterocycles. The topological polar surface area (TPSA) is 50.2 Å². The highest BCUT2D eigenvalue weighted by Crippen LogP contribution is 2.09. The fourth-order valence-corrected chi connectivity index (χ4v) is 2.36. The zero-order valence-corrected chi connectivity index (χ0v) is 11.2. The standard InChI is InChI=1S/C13H22N4O/c1-3-7-16(2)12-8-13(18)17(15-9-12)10-11-5-4-6-14-11/h8-9,11,14H,3-7,10H2,1-2H3. The van der Waals surface area contributed by atoms with Gasteiger partial charge in [-0.2, -0.15) is 5.10 Å². The van der Waals surface area contributed by atoms with Gasteiger partial charge < -0.3 is 10.2 Å². The van der Waals surface area contributed by atoms with E-state index >= 15 is 0 Å². The lowest BCUT2D eigenvalue weighted by atomic mass is 10.2. The minimum Gasteiger partial charge on any atom is -0.373 e. The average molecular weight is 250 g/mol. The average Bonchev–Trinajstić information content (AvgIpc) is 2.85. The highest BCUT2D eigenvalue weighted by atomic mass is 16.1. The Bertz CT molecular complexity index is 437. The summed E-state index contributed by atoms with van der Waals surface area (Å²) in [6.07, 6.45) is 5.17.